The Balaban J connectivity index is 0.000000815. The molecule has 2 aliphatic heterocycles. The number of aromatic nitrogens is 3. The monoisotopic (exact) mass is 731 g/mol. The van der Waals surface area contributed by atoms with Crippen LogP contribution >= 0.6 is 0 Å². The second-order valence-electron chi connectivity index (χ2n) is 13.7. The van der Waals surface area contributed by atoms with Gasteiger partial charge in [0.1, 0.15) is 17.9 Å². The Hall–Kier alpha value is -4.25. The zero-order valence-electron chi connectivity index (χ0n) is 31.2. The van der Waals surface area contributed by atoms with Crippen LogP contribution in [0.3, 0.4) is 0 Å². The first kappa shape index (κ1) is 42.2. The molecule has 0 bridgehead atoms. The smallest absolute Gasteiger partial charge is 0.328 e. The number of nitrogens with one attached hydrogen (secondary N) is 1. The van der Waals surface area contributed by atoms with Gasteiger partial charge in [0.25, 0.3) is 11.8 Å². The quantitative estimate of drug-likeness (QED) is 0.114. The molecule has 2 aliphatic rings. The maximum atomic E-state index is 14.3. The summed E-state index contributed by atoms with van der Waals surface area (Å²) in [5, 5.41) is 27.3. The molecule has 2 aromatic rings. The van der Waals surface area contributed by atoms with Crippen LogP contribution in [0.5, 0.6) is 11.6 Å². The van der Waals surface area contributed by atoms with Crippen molar-refractivity contribution < 1.29 is 43.2 Å². The first-order valence-electron chi connectivity index (χ1n) is 17.6. The van der Waals surface area contributed by atoms with E-state index in [-0.39, 0.29) is 40.8 Å². The number of rotatable bonds is 18. The summed E-state index contributed by atoms with van der Waals surface area (Å²) in [5.41, 5.74) is 0.338. The van der Waals surface area contributed by atoms with E-state index in [1.54, 1.807) is 19.1 Å². The van der Waals surface area contributed by atoms with Crippen LogP contribution in [-0.4, -0.2) is 131 Å². The fourth-order valence-corrected chi connectivity index (χ4v) is 6.73. The van der Waals surface area contributed by atoms with Gasteiger partial charge in [0.05, 0.1) is 5.56 Å². The lowest BCUT2D eigenvalue weighted by molar-refractivity contribution is -0.134. The molecule has 0 unspecified atom stereocenters. The number of carboxylic acid groups (broad SMARTS) is 2. The van der Waals surface area contributed by atoms with E-state index in [0.29, 0.717) is 43.0 Å². The summed E-state index contributed by atoms with van der Waals surface area (Å²) in [4.78, 5) is 43.5. The minimum Gasteiger partial charge on any atom is -0.478 e. The van der Waals surface area contributed by atoms with Gasteiger partial charge in [-0.2, -0.15) is 0 Å². The van der Waals surface area contributed by atoms with E-state index < -0.39 is 17.8 Å². The van der Waals surface area contributed by atoms with Crippen LogP contribution in [0.1, 0.15) is 64.2 Å². The molecule has 3 N–H and O–H groups in total. The van der Waals surface area contributed by atoms with Gasteiger partial charge >= 0.3 is 11.9 Å². The number of benzene rings is 1. The summed E-state index contributed by atoms with van der Waals surface area (Å²) >= 11 is 0. The molecule has 0 aliphatic carbocycles. The minimum absolute atomic E-state index is 0.0447. The predicted octanol–water partition coefficient (Wildman–Crippen LogP) is 3.91. The molecule has 15 nitrogen and oxygen atoms in total. The lowest BCUT2D eigenvalue weighted by Crippen LogP contribution is -2.62. The summed E-state index contributed by atoms with van der Waals surface area (Å²) in [7, 11) is 3.31. The Kier molecular flexibility index (Phi) is 16.3. The van der Waals surface area contributed by atoms with E-state index >= 15 is 0 Å². The van der Waals surface area contributed by atoms with Gasteiger partial charge in [-0.15, -0.1) is 10.2 Å². The van der Waals surface area contributed by atoms with Crippen LogP contribution in [0.15, 0.2) is 36.7 Å². The van der Waals surface area contributed by atoms with Crippen LogP contribution in [0.4, 0.5) is 10.2 Å². The summed E-state index contributed by atoms with van der Waals surface area (Å²) in [5.74, 6) is -1.72. The molecular weight excluding hydrogens is 677 g/mol. The van der Waals surface area contributed by atoms with E-state index in [1.807, 2.05) is 20.8 Å². The molecular formula is C36H54FN7O8. The second-order valence-corrected chi connectivity index (χ2v) is 13.7. The van der Waals surface area contributed by atoms with Crippen molar-refractivity contribution in [1.82, 2.24) is 30.3 Å². The van der Waals surface area contributed by atoms with Crippen molar-refractivity contribution in [3.05, 3.63) is 48.1 Å². The number of amides is 1. The molecule has 288 valence electrons. The van der Waals surface area contributed by atoms with Gasteiger partial charge in [0.15, 0.2) is 12.1 Å². The molecule has 16 heteroatoms. The molecule has 0 radical (unpaired) electrons. The number of anilines is 1. The number of carbonyl (C=O) groups is 3. The maximum absolute atomic E-state index is 14.3. The lowest BCUT2D eigenvalue weighted by atomic mass is 9.76. The van der Waals surface area contributed by atoms with Crippen molar-refractivity contribution >= 4 is 23.7 Å². The van der Waals surface area contributed by atoms with Crippen LogP contribution in [-0.2, 0) is 19.1 Å². The van der Waals surface area contributed by atoms with E-state index in [2.05, 4.69) is 44.1 Å². The van der Waals surface area contributed by atoms with Gasteiger partial charge in [-0.3, -0.25) is 9.69 Å². The normalized spacial score (nSPS) is 15.9. The topological polar surface area (TPSA) is 180 Å². The Labute approximate surface area is 305 Å². The van der Waals surface area contributed by atoms with Gasteiger partial charge in [0.2, 0.25) is 0 Å². The first-order chi connectivity index (χ1) is 24.7. The summed E-state index contributed by atoms with van der Waals surface area (Å²) in [6.45, 7) is 16.2. The van der Waals surface area contributed by atoms with Crippen LogP contribution < -0.4 is 15.0 Å². The standard InChI is InChI=1S/C32H50FN7O4.C4H4O4/c1-8-40(23(4)5)31(41)25-16-24(33)11-12-27(25)44-30-29(35-21-36-37-30)38-15-13-32(18-38)19-39(20-32)26(22(2)3)10-9-14-34-17-28(42-6)43-7;5-3(6)1-2-4(7)8/h11-12,16,21-23,26,28,34H,8-10,13-15,17-20H2,1-7H3;1-2H,(H,5,6)(H,7,8)/b;2-1+/t26-;/m1./s1. The zero-order chi connectivity index (χ0) is 38.4. The molecule has 3 heterocycles. The molecule has 1 spiro atoms. The minimum atomic E-state index is -1.26. The van der Waals surface area contributed by atoms with Crippen molar-refractivity contribution in [1.29, 1.82) is 0 Å². The number of halogens is 1. The van der Waals surface area contributed by atoms with E-state index in [9.17, 15) is 18.8 Å². The number of methoxy groups -OCH3 is 2. The molecule has 1 aromatic carbocycles. The van der Waals surface area contributed by atoms with Gasteiger partial charge in [-0.25, -0.2) is 19.0 Å². The molecule has 0 saturated carbocycles. The number of carboxylic acids is 2. The number of hydrogen-bond acceptors (Lipinski definition) is 12. The summed E-state index contributed by atoms with van der Waals surface area (Å²) < 4.78 is 31.0. The number of ether oxygens (including phenoxy) is 3. The third-order valence-corrected chi connectivity index (χ3v) is 9.29. The van der Waals surface area contributed by atoms with Crippen molar-refractivity contribution in [2.75, 3.05) is 64.9 Å². The highest BCUT2D eigenvalue weighted by atomic mass is 19.1. The molecule has 1 aromatic heterocycles. The van der Waals surface area contributed by atoms with Crippen LogP contribution in [0.25, 0.3) is 0 Å². The third-order valence-electron chi connectivity index (χ3n) is 9.29. The Bertz CT molecular complexity index is 1480. The van der Waals surface area contributed by atoms with Crippen molar-refractivity contribution in [3.8, 4) is 11.6 Å². The first-order valence-corrected chi connectivity index (χ1v) is 17.6. The number of hydrogen-bond donors (Lipinski definition) is 3. The Morgan fingerprint density at radius 3 is 2.33 bits per heavy atom. The molecule has 1 atom stereocenters. The zero-order valence-corrected chi connectivity index (χ0v) is 31.2. The Morgan fingerprint density at radius 2 is 1.75 bits per heavy atom. The molecule has 2 saturated heterocycles. The predicted molar refractivity (Wildman–Crippen MR) is 192 cm³/mol. The van der Waals surface area contributed by atoms with E-state index in [0.717, 1.165) is 52.0 Å². The highest BCUT2D eigenvalue weighted by Crippen LogP contribution is 2.44. The SMILES string of the molecule is CCN(C(=O)c1cc(F)ccc1Oc1nncnc1N1CCC2(C1)CN([C@H](CCCNCC(OC)OC)C(C)C)C2)C(C)C.O=C(O)/C=C/C(=O)O. The number of likely N-dealkylation sites (tertiary alicyclic amines) is 1. The number of nitrogens with zero attached hydrogens (tertiary/aromatic N) is 6. The lowest BCUT2D eigenvalue weighted by Gasteiger charge is -2.53. The number of carbonyl (C=O) groups excluding carboxylic acids is 1. The summed E-state index contributed by atoms with van der Waals surface area (Å²) in [6.07, 6.45) is 5.59. The van der Waals surface area contributed by atoms with Crippen molar-refractivity contribution in [2.45, 2.75) is 72.3 Å². The fraction of sp³-hybridized carbons (Fsp3) is 0.611. The average Bonchev–Trinajstić information content (AvgIpc) is 3.54. The fourth-order valence-electron chi connectivity index (χ4n) is 6.73. The van der Waals surface area contributed by atoms with Crippen molar-refractivity contribution in [2.24, 2.45) is 11.3 Å². The van der Waals surface area contributed by atoms with Crippen LogP contribution in [0, 0.1) is 17.2 Å². The van der Waals surface area contributed by atoms with Gasteiger partial charge < -0.3 is 39.5 Å². The molecule has 4 rings (SSSR count). The van der Waals surface area contributed by atoms with E-state index in [1.165, 1.54) is 24.5 Å². The van der Waals surface area contributed by atoms with Gasteiger partial charge in [0, 0.05) is 83.1 Å². The number of aliphatic carboxylic acids is 2. The Morgan fingerprint density at radius 1 is 1.08 bits per heavy atom. The summed E-state index contributed by atoms with van der Waals surface area (Å²) in [6, 6.07) is 4.46. The molecule has 52 heavy (non-hydrogen) atoms. The largest absolute Gasteiger partial charge is 0.478 e. The maximum Gasteiger partial charge on any atom is 0.328 e. The third kappa shape index (κ3) is 11.9. The average molecular weight is 732 g/mol. The van der Waals surface area contributed by atoms with Crippen molar-refractivity contribution in [3.63, 3.8) is 0 Å². The molecule has 1 amide bonds. The highest BCUT2D eigenvalue weighted by Gasteiger charge is 2.50. The highest BCUT2D eigenvalue weighted by molar-refractivity contribution is 5.97. The van der Waals surface area contributed by atoms with Gasteiger partial charge in [-0.1, -0.05) is 13.8 Å². The second kappa shape index (κ2) is 20.1. The van der Waals surface area contributed by atoms with Gasteiger partial charge in [-0.05, 0) is 70.7 Å². The van der Waals surface area contributed by atoms with Crippen LogP contribution in [0.2, 0.25) is 0 Å². The van der Waals surface area contributed by atoms with E-state index in [4.69, 9.17) is 24.4 Å². The molecule has 2 fully saturated rings.